The van der Waals surface area contributed by atoms with Gasteiger partial charge in [0.05, 0.1) is 12.8 Å². The van der Waals surface area contributed by atoms with Gasteiger partial charge in [-0.1, -0.05) is 12.1 Å². The van der Waals surface area contributed by atoms with Gasteiger partial charge in [0.15, 0.2) is 0 Å². The van der Waals surface area contributed by atoms with Gasteiger partial charge >= 0.3 is 0 Å². The fourth-order valence-electron chi connectivity index (χ4n) is 5.38. The van der Waals surface area contributed by atoms with E-state index in [4.69, 9.17) is 14.7 Å². The summed E-state index contributed by atoms with van der Waals surface area (Å²) < 4.78 is 5.23. The lowest BCUT2D eigenvalue weighted by Crippen LogP contribution is -2.32. The number of benzene rings is 1. The third-order valence-corrected chi connectivity index (χ3v) is 7.43. The Hall–Kier alpha value is -2.34. The number of anilines is 2. The molecule has 0 aliphatic heterocycles. The molecule has 6 heteroatoms. The molecule has 2 aliphatic carbocycles. The van der Waals surface area contributed by atoms with Crippen molar-refractivity contribution in [2.45, 2.75) is 76.7 Å². The molecule has 6 nitrogen and oxygen atoms in total. The van der Waals surface area contributed by atoms with Crippen molar-refractivity contribution < 1.29 is 4.74 Å². The molecule has 2 aliphatic rings. The number of aromatic nitrogens is 2. The number of rotatable bonds is 11. The molecule has 0 unspecified atom stereocenters. The van der Waals surface area contributed by atoms with Crippen LogP contribution in [-0.2, 0) is 19.3 Å². The molecule has 34 heavy (non-hydrogen) atoms. The lowest BCUT2D eigenvalue weighted by Gasteiger charge is -2.30. The Balaban J connectivity index is 1.13. The predicted octanol–water partition coefficient (Wildman–Crippen LogP) is 5.01. The Kier molecular flexibility index (Phi) is 9.03. The zero-order valence-electron chi connectivity index (χ0n) is 21.4. The summed E-state index contributed by atoms with van der Waals surface area (Å²) in [5.41, 5.74) is 4.02. The first-order valence-electron chi connectivity index (χ1n) is 13.3. The van der Waals surface area contributed by atoms with Crippen LogP contribution in [0.15, 0.2) is 24.3 Å². The normalized spacial score (nSPS) is 20.0. The number of hydrogen-bond acceptors (Lipinski definition) is 6. The molecule has 0 radical (unpaired) electrons. The van der Waals surface area contributed by atoms with Gasteiger partial charge in [0.1, 0.15) is 11.6 Å². The zero-order chi connectivity index (χ0) is 23.8. The second kappa shape index (κ2) is 12.4. The van der Waals surface area contributed by atoms with Crippen LogP contribution in [0, 0.1) is 5.92 Å². The van der Waals surface area contributed by atoms with Gasteiger partial charge in [-0.3, -0.25) is 0 Å². The van der Waals surface area contributed by atoms with E-state index in [1.54, 1.807) is 7.11 Å². The van der Waals surface area contributed by atoms with Crippen molar-refractivity contribution >= 4 is 11.8 Å². The van der Waals surface area contributed by atoms with Gasteiger partial charge in [0.25, 0.3) is 0 Å². The Morgan fingerprint density at radius 2 is 1.74 bits per heavy atom. The van der Waals surface area contributed by atoms with Crippen LogP contribution in [0.5, 0.6) is 5.75 Å². The summed E-state index contributed by atoms with van der Waals surface area (Å²) in [5, 5.41) is 7.38. The van der Waals surface area contributed by atoms with E-state index in [1.165, 1.54) is 68.2 Å². The molecule has 0 amide bonds. The van der Waals surface area contributed by atoms with Gasteiger partial charge in [-0.25, -0.2) is 4.98 Å². The smallest absolute Gasteiger partial charge is 0.225 e. The average molecular weight is 466 g/mol. The standard InChI is InChI=1S/C28H43N5O/c1-33(2)27-25-9-4-5-10-26(25)31-28(32-27)30-23-15-11-22(12-16-23)20-29-19-7-6-8-21-13-17-24(34-3)18-14-21/h13-14,17-18,22-23,29H,4-12,15-16,19-20H2,1-3H3,(H,30,31,32)/t22-,23+. The summed E-state index contributed by atoms with van der Waals surface area (Å²) >= 11 is 0. The molecule has 1 fully saturated rings. The largest absolute Gasteiger partial charge is 0.497 e. The highest BCUT2D eigenvalue weighted by Crippen LogP contribution is 2.30. The number of nitrogens with zero attached hydrogens (tertiary/aromatic N) is 3. The van der Waals surface area contributed by atoms with Gasteiger partial charge in [0, 0.05) is 25.7 Å². The van der Waals surface area contributed by atoms with Gasteiger partial charge in [0.2, 0.25) is 5.95 Å². The number of methoxy groups -OCH3 is 1. The summed E-state index contributed by atoms with van der Waals surface area (Å²) in [4.78, 5) is 12.0. The molecule has 0 spiro atoms. The van der Waals surface area contributed by atoms with E-state index in [0.29, 0.717) is 6.04 Å². The van der Waals surface area contributed by atoms with Crippen LogP contribution in [0.2, 0.25) is 0 Å². The lowest BCUT2D eigenvalue weighted by atomic mass is 9.86. The van der Waals surface area contributed by atoms with E-state index in [9.17, 15) is 0 Å². The molecular formula is C28H43N5O. The van der Waals surface area contributed by atoms with Crippen LogP contribution in [0.1, 0.15) is 68.2 Å². The number of nitrogens with one attached hydrogen (secondary N) is 2. The minimum atomic E-state index is 0.498. The second-order valence-electron chi connectivity index (χ2n) is 10.3. The van der Waals surface area contributed by atoms with Crippen molar-refractivity contribution in [3.8, 4) is 5.75 Å². The van der Waals surface area contributed by atoms with E-state index >= 15 is 0 Å². The van der Waals surface area contributed by atoms with Gasteiger partial charge in [-0.05, 0) is 107 Å². The highest BCUT2D eigenvalue weighted by Gasteiger charge is 2.23. The van der Waals surface area contributed by atoms with Gasteiger partial charge in [-0.15, -0.1) is 0 Å². The molecule has 1 aromatic carbocycles. The minimum absolute atomic E-state index is 0.498. The Morgan fingerprint density at radius 3 is 2.47 bits per heavy atom. The number of fused-ring (bicyclic) bond motifs is 1. The molecule has 186 valence electrons. The second-order valence-corrected chi connectivity index (χ2v) is 10.3. The van der Waals surface area contributed by atoms with Crippen molar-refractivity contribution in [3.05, 3.63) is 41.1 Å². The van der Waals surface area contributed by atoms with E-state index in [1.807, 2.05) is 0 Å². The fourth-order valence-corrected chi connectivity index (χ4v) is 5.38. The molecule has 1 aromatic heterocycles. The quantitative estimate of drug-likeness (QED) is 0.455. The Morgan fingerprint density at radius 1 is 0.971 bits per heavy atom. The van der Waals surface area contributed by atoms with Crippen molar-refractivity contribution in [1.82, 2.24) is 15.3 Å². The van der Waals surface area contributed by atoms with E-state index < -0.39 is 0 Å². The Labute approximate surface area is 205 Å². The first kappa shape index (κ1) is 24.8. The summed E-state index contributed by atoms with van der Waals surface area (Å²) in [5.74, 6) is 3.67. The average Bonchev–Trinajstić information content (AvgIpc) is 2.87. The topological polar surface area (TPSA) is 62.3 Å². The molecule has 0 saturated heterocycles. The molecule has 1 heterocycles. The summed E-state index contributed by atoms with van der Waals surface area (Å²) in [6, 6.07) is 8.96. The van der Waals surface area contributed by atoms with E-state index in [2.05, 4.69) is 53.9 Å². The van der Waals surface area contributed by atoms with Crippen LogP contribution in [-0.4, -0.2) is 50.3 Å². The summed E-state index contributed by atoms with van der Waals surface area (Å²) in [6.45, 7) is 2.26. The molecule has 2 aromatic rings. The molecule has 2 N–H and O–H groups in total. The zero-order valence-corrected chi connectivity index (χ0v) is 21.4. The van der Waals surface area contributed by atoms with E-state index in [-0.39, 0.29) is 0 Å². The van der Waals surface area contributed by atoms with Crippen molar-refractivity contribution in [2.75, 3.05) is 44.5 Å². The fraction of sp³-hybridized carbons (Fsp3) is 0.643. The van der Waals surface area contributed by atoms with Crippen LogP contribution in [0.25, 0.3) is 0 Å². The van der Waals surface area contributed by atoms with Crippen molar-refractivity contribution in [1.29, 1.82) is 0 Å². The minimum Gasteiger partial charge on any atom is -0.497 e. The van der Waals surface area contributed by atoms with Crippen LogP contribution in [0.3, 0.4) is 0 Å². The van der Waals surface area contributed by atoms with Crippen LogP contribution >= 0.6 is 0 Å². The van der Waals surface area contributed by atoms with Crippen LogP contribution < -0.4 is 20.3 Å². The van der Waals surface area contributed by atoms with Crippen molar-refractivity contribution in [3.63, 3.8) is 0 Å². The maximum atomic E-state index is 5.23. The predicted molar refractivity (Wildman–Crippen MR) is 141 cm³/mol. The molecular weight excluding hydrogens is 422 g/mol. The number of ether oxygens (including phenoxy) is 1. The molecule has 0 atom stereocenters. The molecule has 1 saturated carbocycles. The molecule has 4 rings (SSSR count). The summed E-state index contributed by atoms with van der Waals surface area (Å²) in [7, 11) is 5.91. The summed E-state index contributed by atoms with van der Waals surface area (Å²) in [6.07, 6.45) is 13.3. The Bertz CT molecular complexity index is 890. The highest BCUT2D eigenvalue weighted by atomic mass is 16.5. The number of aryl methyl sites for hydroxylation is 2. The van der Waals surface area contributed by atoms with Crippen LogP contribution in [0.4, 0.5) is 11.8 Å². The lowest BCUT2D eigenvalue weighted by molar-refractivity contribution is 0.323. The SMILES string of the molecule is COc1ccc(CCCCNC[C@H]2CC[C@@H](Nc3nc4c(c(N(C)C)n3)CCCC4)CC2)cc1. The first-order chi connectivity index (χ1) is 16.6. The van der Waals surface area contributed by atoms with Gasteiger partial charge in [-0.2, -0.15) is 4.98 Å². The monoisotopic (exact) mass is 465 g/mol. The highest BCUT2D eigenvalue weighted by molar-refractivity contribution is 5.52. The number of unbranched alkanes of at least 4 members (excludes halogenated alkanes) is 1. The van der Waals surface area contributed by atoms with Crippen molar-refractivity contribution in [2.24, 2.45) is 5.92 Å². The third-order valence-electron chi connectivity index (χ3n) is 7.43. The first-order valence-corrected chi connectivity index (χ1v) is 13.3. The van der Waals surface area contributed by atoms with E-state index in [0.717, 1.165) is 55.8 Å². The maximum absolute atomic E-state index is 5.23. The third kappa shape index (κ3) is 6.84. The van der Waals surface area contributed by atoms with Gasteiger partial charge < -0.3 is 20.3 Å². The molecule has 0 bridgehead atoms. The maximum Gasteiger partial charge on any atom is 0.225 e. The number of hydrogen-bond donors (Lipinski definition) is 2.